The lowest BCUT2D eigenvalue weighted by Gasteiger charge is -2.38. The second-order valence-electron chi connectivity index (χ2n) is 5.73. The van der Waals surface area contributed by atoms with Gasteiger partial charge in [-0.25, -0.2) is 0 Å². The molecule has 0 bridgehead atoms. The fourth-order valence-electron chi connectivity index (χ4n) is 1.45. The van der Waals surface area contributed by atoms with Crippen LogP contribution in [0.4, 0.5) is 5.00 Å². The summed E-state index contributed by atoms with van der Waals surface area (Å²) in [5, 5.41) is 25.9. The van der Waals surface area contributed by atoms with Crippen LogP contribution in [0, 0.1) is 16.7 Å². The molecule has 0 atom stereocenters. The number of hydrogen-bond acceptors (Lipinski definition) is 5. The quantitative estimate of drug-likeness (QED) is 0.746. The van der Waals surface area contributed by atoms with Gasteiger partial charge in [-0.3, -0.25) is 9.59 Å². The first kappa shape index (κ1) is 17.1. The molecule has 1 rings (SSSR count). The monoisotopic (exact) mass is 309 g/mol. The normalized spacial score (nSPS) is 11.8. The van der Waals surface area contributed by atoms with Gasteiger partial charge >= 0.3 is 5.97 Å². The third kappa shape index (κ3) is 3.80. The van der Waals surface area contributed by atoms with Gasteiger partial charge in [-0.1, -0.05) is 0 Å². The Bertz CT molecular complexity index is 585. The number of carboxylic acids is 1. The van der Waals surface area contributed by atoms with Crippen LogP contribution < -0.4 is 10.6 Å². The largest absolute Gasteiger partial charge is 0.481 e. The van der Waals surface area contributed by atoms with Crippen LogP contribution in [-0.2, 0) is 9.59 Å². The van der Waals surface area contributed by atoms with E-state index in [1.807, 2.05) is 6.07 Å². The Kier molecular flexibility index (Phi) is 5.10. The van der Waals surface area contributed by atoms with Crippen molar-refractivity contribution in [2.75, 3.05) is 11.9 Å². The molecule has 3 N–H and O–H groups in total. The van der Waals surface area contributed by atoms with E-state index in [0.717, 1.165) is 0 Å². The van der Waals surface area contributed by atoms with E-state index in [4.69, 9.17) is 5.26 Å². The molecule has 0 aliphatic carbocycles. The van der Waals surface area contributed by atoms with Gasteiger partial charge in [-0.15, -0.1) is 11.3 Å². The number of nitriles is 1. The molecule has 0 saturated carbocycles. The number of hydrogen-bond donors (Lipinski definition) is 3. The van der Waals surface area contributed by atoms with Crippen molar-refractivity contribution in [3.05, 3.63) is 17.0 Å². The molecule has 1 heterocycles. The minimum absolute atomic E-state index is 0.0352. The van der Waals surface area contributed by atoms with E-state index in [0.29, 0.717) is 10.6 Å². The Morgan fingerprint density at radius 2 is 2.00 bits per heavy atom. The van der Waals surface area contributed by atoms with Crippen LogP contribution in [0.5, 0.6) is 0 Å². The smallest absolute Gasteiger partial charge is 0.310 e. The molecule has 1 aromatic rings. The third-order valence-electron chi connectivity index (χ3n) is 3.83. The number of nitrogens with zero attached hydrogens (tertiary/aromatic N) is 1. The van der Waals surface area contributed by atoms with E-state index in [9.17, 15) is 14.7 Å². The number of nitrogens with one attached hydrogen (secondary N) is 2. The lowest BCUT2D eigenvalue weighted by Crippen LogP contribution is -2.56. The molecule has 0 radical (unpaired) electrons. The minimum Gasteiger partial charge on any atom is -0.481 e. The molecule has 21 heavy (non-hydrogen) atoms. The van der Waals surface area contributed by atoms with Crippen molar-refractivity contribution < 1.29 is 14.7 Å². The maximum absolute atomic E-state index is 11.9. The zero-order valence-electron chi connectivity index (χ0n) is 12.5. The van der Waals surface area contributed by atoms with Crippen LogP contribution >= 0.6 is 11.3 Å². The number of carbonyl (C=O) groups excluding carboxylic acids is 1. The highest BCUT2D eigenvalue weighted by molar-refractivity contribution is 7.14. The Balaban J connectivity index is 2.65. The average molecular weight is 309 g/mol. The molecule has 1 amide bonds. The summed E-state index contributed by atoms with van der Waals surface area (Å²) in [6.45, 7) is 6.65. The zero-order chi connectivity index (χ0) is 16.3. The van der Waals surface area contributed by atoms with E-state index < -0.39 is 16.9 Å². The molecule has 0 aliphatic heterocycles. The third-order valence-corrected chi connectivity index (χ3v) is 4.66. The van der Waals surface area contributed by atoms with Crippen molar-refractivity contribution in [1.82, 2.24) is 5.32 Å². The summed E-state index contributed by atoms with van der Waals surface area (Å²) in [5.74, 6) is -1.26. The molecule has 114 valence electrons. The Morgan fingerprint density at radius 1 is 1.38 bits per heavy atom. The van der Waals surface area contributed by atoms with Crippen molar-refractivity contribution in [2.24, 2.45) is 5.41 Å². The van der Waals surface area contributed by atoms with Gasteiger partial charge in [0, 0.05) is 5.54 Å². The summed E-state index contributed by atoms with van der Waals surface area (Å²) >= 11 is 1.27. The van der Waals surface area contributed by atoms with Gasteiger partial charge in [0.05, 0.1) is 17.5 Å². The predicted molar refractivity (Wildman–Crippen MR) is 81.2 cm³/mol. The highest BCUT2D eigenvalue weighted by atomic mass is 32.1. The second-order valence-corrected chi connectivity index (χ2v) is 6.65. The summed E-state index contributed by atoms with van der Waals surface area (Å²) in [7, 11) is 0. The number of amides is 1. The van der Waals surface area contributed by atoms with E-state index in [-0.39, 0.29) is 12.5 Å². The Labute approximate surface area is 127 Å². The highest BCUT2D eigenvalue weighted by Crippen LogP contribution is 2.30. The van der Waals surface area contributed by atoms with E-state index >= 15 is 0 Å². The van der Waals surface area contributed by atoms with Gasteiger partial charge in [0.15, 0.2) is 0 Å². The maximum atomic E-state index is 11.9. The van der Waals surface area contributed by atoms with E-state index in [2.05, 4.69) is 10.6 Å². The fraction of sp³-hybridized carbons (Fsp3) is 0.500. The number of carboxylic acid groups (broad SMARTS) is 1. The molecule has 7 heteroatoms. The average Bonchev–Trinajstić information content (AvgIpc) is 2.83. The number of aliphatic carboxylic acids is 1. The number of carbonyl (C=O) groups is 2. The molecule has 1 aromatic heterocycles. The summed E-state index contributed by atoms with van der Waals surface area (Å²) in [6.07, 6.45) is 0. The topological polar surface area (TPSA) is 102 Å². The Hall–Kier alpha value is -1.91. The van der Waals surface area contributed by atoms with Crippen LogP contribution in [0.15, 0.2) is 11.4 Å². The minimum atomic E-state index is -1.03. The predicted octanol–water partition coefficient (Wildman–Crippen LogP) is 2.04. The van der Waals surface area contributed by atoms with Crippen molar-refractivity contribution in [3.8, 4) is 6.07 Å². The van der Waals surface area contributed by atoms with Crippen molar-refractivity contribution in [3.63, 3.8) is 0 Å². The van der Waals surface area contributed by atoms with Crippen LogP contribution in [0.25, 0.3) is 0 Å². The maximum Gasteiger partial charge on any atom is 0.310 e. The van der Waals surface area contributed by atoms with Gasteiger partial charge in [-0.2, -0.15) is 5.26 Å². The molecule has 0 fully saturated rings. The van der Waals surface area contributed by atoms with Crippen molar-refractivity contribution in [2.45, 2.75) is 33.2 Å². The lowest BCUT2D eigenvalue weighted by molar-refractivity contribution is -0.151. The van der Waals surface area contributed by atoms with E-state index in [1.165, 1.54) is 11.3 Å². The van der Waals surface area contributed by atoms with E-state index in [1.54, 1.807) is 39.1 Å². The molecular weight excluding hydrogens is 290 g/mol. The molecule has 0 unspecified atom stereocenters. The van der Waals surface area contributed by atoms with Crippen molar-refractivity contribution in [1.29, 1.82) is 5.26 Å². The second kappa shape index (κ2) is 6.24. The number of rotatable bonds is 6. The summed E-state index contributed by atoms with van der Waals surface area (Å²) in [5.41, 5.74) is -1.39. The molecule has 6 nitrogen and oxygen atoms in total. The first-order valence-corrected chi connectivity index (χ1v) is 7.25. The molecule has 0 aromatic carbocycles. The highest BCUT2D eigenvalue weighted by Gasteiger charge is 2.43. The van der Waals surface area contributed by atoms with Gasteiger partial charge in [-0.05, 0) is 39.1 Å². The van der Waals surface area contributed by atoms with Gasteiger partial charge in [0.2, 0.25) is 5.91 Å². The number of thiophene rings is 1. The Morgan fingerprint density at radius 3 is 2.52 bits per heavy atom. The molecular formula is C14H19N3O3S. The van der Waals surface area contributed by atoms with Crippen LogP contribution in [0.2, 0.25) is 0 Å². The van der Waals surface area contributed by atoms with Crippen LogP contribution in [-0.4, -0.2) is 29.1 Å². The van der Waals surface area contributed by atoms with Gasteiger partial charge in [0.1, 0.15) is 11.1 Å². The standard InChI is InChI=1S/C14H19N3O3S/c1-13(2,12(19)20)14(3,4)16-8-10(18)17-11-9(7-15)5-6-21-11/h5-6,16H,8H2,1-4H3,(H,17,18)(H,19,20). The molecule has 0 spiro atoms. The molecule has 0 saturated heterocycles. The number of anilines is 1. The zero-order valence-corrected chi connectivity index (χ0v) is 13.3. The SMILES string of the molecule is CC(C)(NCC(=O)Nc1sccc1C#N)C(C)(C)C(=O)O. The summed E-state index contributed by atoms with van der Waals surface area (Å²) in [4.78, 5) is 23.2. The van der Waals surface area contributed by atoms with Crippen LogP contribution in [0.1, 0.15) is 33.3 Å². The molecule has 0 aliphatic rings. The first-order valence-electron chi connectivity index (χ1n) is 6.37. The van der Waals surface area contributed by atoms with Crippen LogP contribution in [0.3, 0.4) is 0 Å². The fourth-order valence-corrected chi connectivity index (χ4v) is 2.21. The lowest BCUT2D eigenvalue weighted by atomic mass is 9.74. The summed E-state index contributed by atoms with van der Waals surface area (Å²) in [6, 6.07) is 3.62. The van der Waals surface area contributed by atoms with Gasteiger partial charge in [0.25, 0.3) is 0 Å². The first-order chi connectivity index (χ1) is 9.61. The van der Waals surface area contributed by atoms with Crippen molar-refractivity contribution >= 4 is 28.2 Å². The summed E-state index contributed by atoms with van der Waals surface area (Å²) < 4.78 is 0. The van der Waals surface area contributed by atoms with Gasteiger partial charge < -0.3 is 15.7 Å².